The Bertz CT molecular complexity index is 1200. The number of aromatic nitrogens is 3. The molecule has 3 aliphatic rings. The maximum atomic E-state index is 13.6. The first-order valence-corrected chi connectivity index (χ1v) is 11.5. The molecule has 0 spiro atoms. The Morgan fingerprint density at radius 2 is 2.09 bits per heavy atom. The van der Waals surface area contributed by atoms with Gasteiger partial charge in [-0.3, -0.25) is 0 Å². The number of ether oxygens (including phenoxy) is 1. The second-order valence-corrected chi connectivity index (χ2v) is 8.79. The number of hydrogen-bond acceptors (Lipinski definition) is 6. The van der Waals surface area contributed by atoms with Crippen LogP contribution in [0, 0.1) is 18.3 Å². The fourth-order valence-electron chi connectivity index (χ4n) is 5.33. The lowest BCUT2D eigenvalue weighted by molar-refractivity contribution is 0.0322. The van der Waals surface area contributed by atoms with Crippen molar-refractivity contribution in [2.75, 3.05) is 6.61 Å². The molecule has 0 bridgehead atoms. The van der Waals surface area contributed by atoms with Gasteiger partial charge in [0, 0.05) is 18.9 Å². The number of fused-ring (bicyclic) bond motifs is 4. The van der Waals surface area contributed by atoms with Gasteiger partial charge in [-0.25, -0.2) is 23.5 Å². The lowest BCUT2D eigenvalue weighted by Gasteiger charge is -2.38. The number of aliphatic hydroxyl groups excluding tert-OH is 1. The van der Waals surface area contributed by atoms with Gasteiger partial charge in [-0.05, 0) is 24.8 Å². The van der Waals surface area contributed by atoms with Crippen LogP contribution in [0.25, 0.3) is 0 Å². The van der Waals surface area contributed by atoms with Gasteiger partial charge < -0.3 is 14.7 Å². The van der Waals surface area contributed by atoms with Gasteiger partial charge in [0.2, 0.25) is 0 Å². The number of rotatable bonds is 7. The predicted molar refractivity (Wildman–Crippen MR) is 121 cm³/mol. The Balaban J connectivity index is 1.52. The molecule has 1 aliphatic carbocycles. The molecule has 1 N–H and O–H groups in total. The SMILES string of the molecule is C#CCCCO/N=C1/[C@H]2CCn3c(=O)n([C@@H](CC)c4ccccc4)c(=O)n3[C@H]2[C@H](O)[C@@H]2O[C@H]12. The van der Waals surface area contributed by atoms with Crippen LogP contribution in [0.1, 0.15) is 50.3 Å². The van der Waals surface area contributed by atoms with Crippen molar-refractivity contribution in [1.82, 2.24) is 13.9 Å². The highest BCUT2D eigenvalue weighted by molar-refractivity contribution is 5.94. The Hall–Kier alpha value is -3.09. The average Bonchev–Trinajstić information content (AvgIpc) is 3.60. The van der Waals surface area contributed by atoms with Gasteiger partial charge in [0.05, 0.1) is 17.8 Å². The summed E-state index contributed by atoms with van der Waals surface area (Å²) in [5.74, 6) is 2.32. The van der Waals surface area contributed by atoms with Gasteiger partial charge in [-0.15, -0.1) is 12.3 Å². The van der Waals surface area contributed by atoms with Gasteiger partial charge in [-0.1, -0.05) is 42.4 Å². The molecule has 1 aromatic heterocycles. The molecule has 1 saturated heterocycles. The molecule has 2 fully saturated rings. The van der Waals surface area contributed by atoms with Crippen LogP contribution in [0.2, 0.25) is 0 Å². The number of aliphatic hydroxyl groups is 1. The largest absolute Gasteiger partial charge is 0.396 e. The van der Waals surface area contributed by atoms with E-state index >= 15 is 0 Å². The van der Waals surface area contributed by atoms with E-state index < -0.39 is 23.9 Å². The maximum absolute atomic E-state index is 13.6. The molecule has 0 radical (unpaired) electrons. The first-order valence-electron chi connectivity index (χ1n) is 11.5. The van der Waals surface area contributed by atoms with E-state index in [4.69, 9.17) is 16.0 Å². The lowest BCUT2D eigenvalue weighted by atomic mass is 9.78. The normalized spacial score (nSPS) is 29.5. The quantitative estimate of drug-likeness (QED) is 0.295. The van der Waals surface area contributed by atoms with E-state index in [-0.39, 0.29) is 23.8 Å². The predicted octanol–water partition coefficient (Wildman–Crippen LogP) is 1.30. The number of benzene rings is 1. The smallest absolute Gasteiger partial charge is 0.348 e. The molecule has 1 aromatic carbocycles. The number of terminal acetylenes is 1. The van der Waals surface area contributed by atoms with Crippen molar-refractivity contribution in [2.45, 2.75) is 69.5 Å². The van der Waals surface area contributed by atoms with E-state index in [1.165, 1.54) is 13.9 Å². The third kappa shape index (κ3) is 3.54. The Labute approximate surface area is 191 Å². The van der Waals surface area contributed by atoms with Crippen LogP contribution < -0.4 is 11.4 Å². The molecule has 2 aliphatic heterocycles. The van der Waals surface area contributed by atoms with Gasteiger partial charge in [0.1, 0.15) is 24.9 Å². The third-order valence-electron chi connectivity index (χ3n) is 6.93. The number of hydrogen-bond donors (Lipinski definition) is 1. The summed E-state index contributed by atoms with van der Waals surface area (Å²) in [4.78, 5) is 32.5. The molecule has 0 amide bonds. The summed E-state index contributed by atoms with van der Waals surface area (Å²) in [7, 11) is 0. The van der Waals surface area contributed by atoms with Crippen LogP contribution in [0.5, 0.6) is 0 Å². The molecule has 5 rings (SSSR count). The van der Waals surface area contributed by atoms with Crippen molar-refractivity contribution in [3.05, 3.63) is 56.9 Å². The topological polar surface area (TPSA) is 103 Å². The van der Waals surface area contributed by atoms with Crippen molar-refractivity contribution in [1.29, 1.82) is 0 Å². The van der Waals surface area contributed by atoms with Crippen molar-refractivity contribution in [2.24, 2.45) is 11.1 Å². The molecular weight excluding hydrogens is 424 g/mol. The molecule has 6 atom stereocenters. The van der Waals surface area contributed by atoms with Gasteiger partial charge in [-0.2, -0.15) is 0 Å². The standard InChI is InChI=1S/C24H28N4O5/c1-3-5-9-14-32-25-18-16-12-13-26-23(30)27(17(4-2)15-10-7-6-8-11-15)24(31)28(26)19(16)20(29)22-21(18)33-22/h1,6-8,10-11,16-17,19-22,29H,4-5,9,12-14H2,2H3/b25-18-/t16-,17+,19-,20+,21-,22+/m1/s1. The summed E-state index contributed by atoms with van der Waals surface area (Å²) in [6, 6.07) is 8.53. The summed E-state index contributed by atoms with van der Waals surface area (Å²) < 4.78 is 9.91. The molecular formula is C24H28N4O5. The average molecular weight is 453 g/mol. The minimum Gasteiger partial charge on any atom is -0.396 e. The molecule has 9 nitrogen and oxygen atoms in total. The third-order valence-corrected chi connectivity index (χ3v) is 6.93. The Kier molecular flexibility index (Phi) is 5.72. The Morgan fingerprint density at radius 1 is 1.30 bits per heavy atom. The van der Waals surface area contributed by atoms with E-state index in [1.54, 1.807) is 0 Å². The number of epoxide rings is 1. The van der Waals surface area contributed by atoms with Crippen LogP contribution in [0.15, 0.2) is 45.1 Å². The second-order valence-electron chi connectivity index (χ2n) is 8.79. The highest BCUT2D eigenvalue weighted by Crippen LogP contribution is 2.46. The van der Waals surface area contributed by atoms with Crippen LogP contribution in [-0.2, 0) is 16.1 Å². The fraction of sp³-hybridized carbons (Fsp3) is 0.542. The first-order chi connectivity index (χ1) is 16.1. The minimum absolute atomic E-state index is 0.249. The van der Waals surface area contributed by atoms with Crippen LogP contribution in [0.4, 0.5) is 0 Å². The monoisotopic (exact) mass is 452 g/mol. The van der Waals surface area contributed by atoms with Gasteiger partial charge in [0.25, 0.3) is 0 Å². The van der Waals surface area contributed by atoms with Crippen molar-refractivity contribution in [3.8, 4) is 12.3 Å². The summed E-state index contributed by atoms with van der Waals surface area (Å²) >= 11 is 0. The van der Waals surface area contributed by atoms with Crippen molar-refractivity contribution >= 4 is 5.71 Å². The number of oxime groups is 1. The van der Waals surface area contributed by atoms with E-state index in [9.17, 15) is 14.7 Å². The summed E-state index contributed by atoms with van der Waals surface area (Å²) in [6.45, 7) is 2.70. The zero-order valence-corrected chi connectivity index (χ0v) is 18.5. The highest BCUT2D eigenvalue weighted by Gasteiger charge is 2.61. The summed E-state index contributed by atoms with van der Waals surface area (Å²) in [5, 5.41) is 15.4. The molecule has 174 valence electrons. The maximum Gasteiger partial charge on any atom is 0.348 e. The highest BCUT2D eigenvalue weighted by atomic mass is 16.6. The van der Waals surface area contributed by atoms with Crippen molar-refractivity contribution in [3.63, 3.8) is 0 Å². The zero-order valence-electron chi connectivity index (χ0n) is 18.5. The van der Waals surface area contributed by atoms with Gasteiger partial charge >= 0.3 is 11.4 Å². The lowest BCUT2D eigenvalue weighted by Crippen LogP contribution is -2.53. The van der Waals surface area contributed by atoms with Crippen molar-refractivity contribution < 1.29 is 14.7 Å². The molecule has 3 heterocycles. The summed E-state index contributed by atoms with van der Waals surface area (Å²) in [5.41, 5.74) is 0.822. The van der Waals surface area contributed by atoms with Gasteiger partial charge in [0.15, 0.2) is 0 Å². The number of unbranched alkanes of at least 4 members (excludes halogenated alkanes) is 1. The van der Waals surface area contributed by atoms with E-state index in [0.29, 0.717) is 44.5 Å². The fourth-order valence-corrected chi connectivity index (χ4v) is 5.33. The summed E-state index contributed by atoms with van der Waals surface area (Å²) in [6.07, 6.45) is 6.06. The molecule has 1 saturated carbocycles. The van der Waals surface area contributed by atoms with E-state index in [2.05, 4.69) is 11.1 Å². The number of nitrogens with zero attached hydrogens (tertiary/aromatic N) is 4. The molecule has 33 heavy (non-hydrogen) atoms. The zero-order chi connectivity index (χ0) is 23.1. The molecule has 0 unspecified atom stereocenters. The molecule has 2 aromatic rings. The van der Waals surface area contributed by atoms with Crippen LogP contribution in [0.3, 0.4) is 0 Å². The van der Waals surface area contributed by atoms with E-state index in [1.807, 2.05) is 37.3 Å². The van der Waals surface area contributed by atoms with Crippen LogP contribution >= 0.6 is 0 Å². The first kappa shape index (κ1) is 21.7. The minimum atomic E-state index is -0.906. The second kappa shape index (κ2) is 8.69. The Morgan fingerprint density at radius 3 is 2.82 bits per heavy atom. The molecule has 9 heteroatoms. The van der Waals surface area contributed by atoms with Crippen LogP contribution in [-0.4, -0.2) is 49.7 Å². The van der Waals surface area contributed by atoms with E-state index in [0.717, 1.165) is 5.56 Å².